The van der Waals surface area contributed by atoms with Gasteiger partial charge in [-0.05, 0) is 40.7 Å². The molecule has 2 aromatic rings. The van der Waals surface area contributed by atoms with Crippen LogP contribution in [0.1, 0.15) is 15.6 Å². The third-order valence-electron chi connectivity index (χ3n) is 2.43. The summed E-state index contributed by atoms with van der Waals surface area (Å²) < 4.78 is 1.06. The minimum atomic E-state index is 0.473. The molecule has 0 saturated heterocycles. The molecule has 0 fully saturated rings. The zero-order valence-corrected chi connectivity index (χ0v) is 13.7. The largest absolute Gasteiger partial charge is 0.370 e. The van der Waals surface area contributed by atoms with Crippen LogP contribution in [0.4, 0.5) is 0 Å². The van der Waals surface area contributed by atoms with Gasteiger partial charge in [0.1, 0.15) is 5.01 Å². The summed E-state index contributed by atoms with van der Waals surface area (Å²) in [6.07, 6.45) is 0.968. The monoisotopic (exact) mass is 358 g/mol. The van der Waals surface area contributed by atoms with Gasteiger partial charge in [-0.3, -0.25) is 0 Å². The lowest BCUT2D eigenvalue weighted by Gasteiger charge is -2.03. The highest BCUT2D eigenvalue weighted by molar-refractivity contribution is 9.11. The van der Waals surface area contributed by atoms with Crippen LogP contribution in [0, 0.1) is 6.92 Å². The second-order valence-electron chi connectivity index (χ2n) is 3.92. The molecular formula is C12H15BrN4S2. The smallest absolute Gasteiger partial charge is 0.189 e. The van der Waals surface area contributed by atoms with Gasteiger partial charge in [0.25, 0.3) is 0 Å². The minimum Gasteiger partial charge on any atom is -0.370 e. The van der Waals surface area contributed by atoms with Crippen LogP contribution in [0.3, 0.4) is 0 Å². The maximum absolute atomic E-state index is 5.81. The average molecular weight is 359 g/mol. The van der Waals surface area contributed by atoms with Crippen molar-refractivity contribution in [1.82, 2.24) is 10.3 Å². The van der Waals surface area contributed by atoms with Gasteiger partial charge in [0.2, 0.25) is 0 Å². The van der Waals surface area contributed by atoms with Crippen molar-refractivity contribution in [2.75, 3.05) is 6.54 Å². The Bertz CT molecular complexity index is 529. The lowest BCUT2D eigenvalue weighted by molar-refractivity contribution is 0.855. The van der Waals surface area contributed by atoms with Crippen molar-refractivity contribution in [3.8, 4) is 0 Å². The fourth-order valence-corrected chi connectivity index (χ4v) is 3.55. The average Bonchev–Trinajstić information content (AvgIpc) is 2.98. The molecular weight excluding hydrogens is 344 g/mol. The summed E-state index contributed by atoms with van der Waals surface area (Å²) in [6, 6.07) is 4.18. The highest BCUT2D eigenvalue weighted by atomic mass is 79.9. The number of hydrogen-bond acceptors (Lipinski definition) is 4. The Labute approximate surface area is 128 Å². The van der Waals surface area contributed by atoms with Gasteiger partial charge in [-0.2, -0.15) is 0 Å². The topological polar surface area (TPSA) is 63.3 Å². The van der Waals surface area contributed by atoms with Crippen LogP contribution in [-0.2, 0) is 13.0 Å². The van der Waals surface area contributed by atoms with Crippen molar-refractivity contribution < 1.29 is 0 Å². The molecule has 0 radical (unpaired) electrons. The Morgan fingerprint density at radius 3 is 3.05 bits per heavy atom. The molecule has 2 heterocycles. The molecule has 0 aromatic carbocycles. The molecule has 3 N–H and O–H groups in total. The Morgan fingerprint density at radius 2 is 2.42 bits per heavy atom. The van der Waals surface area contributed by atoms with Crippen LogP contribution in [-0.4, -0.2) is 17.5 Å². The summed E-state index contributed by atoms with van der Waals surface area (Å²) in [6.45, 7) is 3.29. The number of thiophene rings is 1. The number of rotatable bonds is 5. The molecule has 2 rings (SSSR count). The summed E-state index contributed by atoms with van der Waals surface area (Å²) in [4.78, 5) is 10.0. The van der Waals surface area contributed by atoms with Crippen molar-refractivity contribution in [2.45, 2.75) is 19.9 Å². The number of nitrogens with zero attached hydrogens (tertiary/aromatic N) is 2. The summed E-state index contributed by atoms with van der Waals surface area (Å²) in [5, 5.41) is 6.16. The van der Waals surface area contributed by atoms with Crippen LogP contribution < -0.4 is 11.1 Å². The molecule has 0 aliphatic rings. The van der Waals surface area contributed by atoms with Gasteiger partial charge < -0.3 is 11.1 Å². The molecule has 0 bridgehead atoms. The summed E-state index contributed by atoms with van der Waals surface area (Å²) in [5.41, 5.74) is 6.81. The number of nitrogens with one attached hydrogen (secondary N) is 1. The van der Waals surface area contributed by atoms with Crippen LogP contribution in [0.25, 0.3) is 0 Å². The summed E-state index contributed by atoms with van der Waals surface area (Å²) in [5.74, 6) is 0.473. The predicted molar refractivity (Wildman–Crippen MR) is 85.9 cm³/mol. The van der Waals surface area contributed by atoms with Gasteiger partial charge in [-0.25, -0.2) is 9.98 Å². The van der Waals surface area contributed by atoms with Crippen molar-refractivity contribution in [1.29, 1.82) is 0 Å². The second kappa shape index (κ2) is 7.02. The number of aliphatic imine (C=N–C) groups is 1. The van der Waals surface area contributed by atoms with E-state index in [9.17, 15) is 0 Å². The van der Waals surface area contributed by atoms with Gasteiger partial charge in [-0.1, -0.05) is 6.07 Å². The van der Waals surface area contributed by atoms with Gasteiger partial charge in [0.05, 0.1) is 16.0 Å². The van der Waals surface area contributed by atoms with E-state index in [0.717, 1.165) is 27.5 Å². The van der Waals surface area contributed by atoms with Crippen LogP contribution in [0.2, 0.25) is 0 Å². The number of guanidine groups is 1. The Hall–Kier alpha value is -0.920. The lowest BCUT2D eigenvalue weighted by atomic mass is 10.3. The second-order valence-corrected chi connectivity index (χ2v) is 7.36. The van der Waals surface area contributed by atoms with Crippen molar-refractivity contribution in [2.24, 2.45) is 10.7 Å². The van der Waals surface area contributed by atoms with Gasteiger partial charge >= 0.3 is 0 Å². The number of halogens is 1. The highest BCUT2D eigenvalue weighted by Gasteiger charge is 2.04. The highest BCUT2D eigenvalue weighted by Crippen LogP contribution is 2.24. The first-order valence-corrected chi connectivity index (χ1v) is 8.32. The molecule has 4 nitrogen and oxygen atoms in total. The molecule has 0 aliphatic carbocycles. The van der Waals surface area contributed by atoms with E-state index >= 15 is 0 Å². The molecule has 0 aliphatic heterocycles. The molecule has 0 spiro atoms. The van der Waals surface area contributed by atoms with Crippen LogP contribution in [0.5, 0.6) is 0 Å². The van der Waals surface area contributed by atoms with E-state index in [-0.39, 0.29) is 0 Å². The first-order valence-electron chi connectivity index (χ1n) is 5.83. The minimum absolute atomic E-state index is 0.473. The molecule has 102 valence electrons. The van der Waals surface area contributed by atoms with Crippen molar-refractivity contribution in [3.05, 3.63) is 36.9 Å². The van der Waals surface area contributed by atoms with Gasteiger partial charge in [0.15, 0.2) is 5.96 Å². The fraction of sp³-hybridized carbons (Fsp3) is 0.333. The Balaban J connectivity index is 1.76. The van der Waals surface area contributed by atoms with E-state index in [4.69, 9.17) is 5.73 Å². The number of nitrogens with two attached hydrogens (primary N) is 1. The number of thiazole rings is 1. The maximum atomic E-state index is 5.81. The van der Waals surface area contributed by atoms with Crippen LogP contribution >= 0.6 is 38.6 Å². The third kappa shape index (κ3) is 4.59. The fourth-order valence-electron chi connectivity index (χ4n) is 1.48. The van der Waals surface area contributed by atoms with E-state index in [1.54, 1.807) is 22.7 Å². The zero-order chi connectivity index (χ0) is 13.7. The SMILES string of the molecule is Cc1nc(CN=C(N)NCCc2cccs2)sc1Br. The number of aromatic nitrogens is 1. The molecule has 7 heteroatoms. The van der Waals surface area contributed by atoms with Gasteiger partial charge in [-0.15, -0.1) is 22.7 Å². The molecule has 0 unspecified atom stereocenters. The maximum Gasteiger partial charge on any atom is 0.189 e. The standard InChI is InChI=1S/C12H15BrN4S2/c1-8-11(13)19-10(17-8)7-16-12(14)15-5-4-9-3-2-6-18-9/h2-3,6H,4-5,7H2,1H3,(H3,14,15,16). The van der Waals surface area contributed by atoms with Crippen molar-refractivity contribution in [3.63, 3.8) is 0 Å². The Kier molecular flexibility index (Phi) is 5.35. The molecule has 0 atom stereocenters. The van der Waals surface area contributed by atoms with Crippen molar-refractivity contribution >= 4 is 44.6 Å². The first-order chi connectivity index (χ1) is 9.15. The predicted octanol–water partition coefficient (Wildman–Crippen LogP) is 2.92. The Morgan fingerprint density at radius 1 is 1.58 bits per heavy atom. The van der Waals surface area contributed by atoms with E-state index in [0.29, 0.717) is 12.5 Å². The summed E-state index contributed by atoms with van der Waals surface area (Å²) in [7, 11) is 0. The molecule has 2 aromatic heterocycles. The first kappa shape index (κ1) is 14.5. The van der Waals surface area contributed by atoms with E-state index < -0.39 is 0 Å². The normalized spacial score (nSPS) is 11.8. The molecule has 0 saturated carbocycles. The summed E-state index contributed by atoms with van der Waals surface area (Å²) >= 11 is 6.80. The molecule has 0 amide bonds. The quantitative estimate of drug-likeness (QED) is 0.637. The van der Waals surface area contributed by atoms with E-state index in [1.165, 1.54) is 4.88 Å². The van der Waals surface area contributed by atoms with E-state index in [2.05, 4.69) is 48.7 Å². The third-order valence-corrected chi connectivity index (χ3v) is 5.35. The van der Waals surface area contributed by atoms with E-state index in [1.807, 2.05) is 6.92 Å². The van der Waals surface area contributed by atoms with Crippen LogP contribution in [0.15, 0.2) is 26.3 Å². The molecule has 19 heavy (non-hydrogen) atoms. The zero-order valence-electron chi connectivity index (χ0n) is 10.5. The number of hydrogen-bond donors (Lipinski definition) is 2. The lowest BCUT2D eigenvalue weighted by Crippen LogP contribution is -2.33. The van der Waals surface area contributed by atoms with Gasteiger partial charge in [0, 0.05) is 11.4 Å². The number of aryl methyl sites for hydroxylation is 1.